The lowest BCUT2D eigenvalue weighted by Crippen LogP contribution is -2.11. The number of nitrogens with zero attached hydrogens (tertiary/aromatic N) is 1. The number of hydrogen-bond acceptors (Lipinski definition) is 1. The fourth-order valence-electron chi connectivity index (χ4n) is 0.650. The van der Waals surface area contributed by atoms with Crippen molar-refractivity contribution in [3.8, 4) is 0 Å². The Hall–Kier alpha value is -0.460. The molecule has 2 aliphatic heterocycles. The van der Waals surface area contributed by atoms with Crippen LogP contribution in [0, 0.1) is 0 Å². The Morgan fingerprint density at radius 2 is 2.60 bits per heavy atom. The van der Waals surface area contributed by atoms with E-state index in [0.717, 1.165) is 0 Å². The third-order valence-corrected chi connectivity index (χ3v) is 1.21. The van der Waals surface area contributed by atoms with E-state index < -0.39 is 0 Å². The molecule has 1 nitrogen and oxygen atoms in total. The van der Waals surface area contributed by atoms with Crippen molar-refractivity contribution in [2.24, 2.45) is 0 Å². The van der Waals surface area contributed by atoms with E-state index in [4.69, 9.17) is 0 Å². The Kier molecular flexibility index (Phi) is 0.116. The van der Waals surface area contributed by atoms with Gasteiger partial charge >= 0.3 is 0 Å². The molecule has 1 saturated heterocycles. The topological polar surface area (TPSA) is 3.01 Å². The molecular formula is C4H5N. The van der Waals surface area contributed by atoms with Gasteiger partial charge in [0.15, 0.2) is 0 Å². The van der Waals surface area contributed by atoms with Gasteiger partial charge in [0.05, 0.1) is 0 Å². The monoisotopic (exact) mass is 67.0 g/mol. The summed E-state index contributed by atoms with van der Waals surface area (Å²) in [5.74, 6) is 0. The lowest BCUT2D eigenvalue weighted by Gasteiger charge is -2.11. The van der Waals surface area contributed by atoms with E-state index in [9.17, 15) is 0 Å². The molecule has 0 aliphatic carbocycles. The average Bonchev–Trinajstić information content (AvgIpc) is 1.74. The van der Waals surface area contributed by atoms with Crippen LogP contribution in [0.5, 0.6) is 0 Å². The SMILES string of the molecule is C1=C2CCN12. The van der Waals surface area contributed by atoms with Crippen molar-refractivity contribution >= 4 is 0 Å². The number of hydrogen-bond donors (Lipinski definition) is 0. The van der Waals surface area contributed by atoms with E-state index in [0.29, 0.717) is 0 Å². The second kappa shape index (κ2) is 0.313. The van der Waals surface area contributed by atoms with Crippen molar-refractivity contribution in [3.05, 3.63) is 11.9 Å². The third-order valence-electron chi connectivity index (χ3n) is 1.21. The van der Waals surface area contributed by atoms with Gasteiger partial charge in [-0.25, -0.2) is 0 Å². The Morgan fingerprint density at radius 1 is 1.80 bits per heavy atom. The maximum atomic E-state index is 2.26. The molecule has 0 aromatic rings. The standard InChI is InChI=1S/C4H5N/c1-2-5-3-4(1)5/h3H,1-2H2. The summed E-state index contributed by atoms with van der Waals surface area (Å²) in [7, 11) is 0. The Bertz CT molecular complexity index is 93.8. The number of rotatable bonds is 0. The minimum Gasteiger partial charge on any atom is -0.348 e. The van der Waals surface area contributed by atoms with Crippen molar-refractivity contribution in [2.45, 2.75) is 6.42 Å². The summed E-state index contributed by atoms with van der Waals surface area (Å²) in [6.07, 6.45) is 3.54. The van der Waals surface area contributed by atoms with Gasteiger partial charge in [0.1, 0.15) is 0 Å². The predicted octanol–water partition coefficient (Wildman–Crippen LogP) is 0.547. The van der Waals surface area contributed by atoms with E-state index in [2.05, 4.69) is 11.1 Å². The Morgan fingerprint density at radius 3 is 2.60 bits per heavy atom. The van der Waals surface area contributed by atoms with Gasteiger partial charge in [-0.3, -0.25) is 0 Å². The zero-order valence-corrected chi connectivity index (χ0v) is 2.94. The highest BCUT2D eigenvalue weighted by molar-refractivity contribution is 5.26. The molecule has 0 atom stereocenters. The summed E-state index contributed by atoms with van der Waals surface area (Å²) >= 11 is 0. The van der Waals surface area contributed by atoms with E-state index >= 15 is 0 Å². The molecule has 0 amide bonds. The zero-order chi connectivity index (χ0) is 3.28. The molecule has 1 fully saturated rings. The highest BCUT2D eigenvalue weighted by atomic mass is 15.3. The van der Waals surface area contributed by atoms with Crippen LogP contribution in [-0.4, -0.2) is 11.4 Å². The Labute approximate surface area is 30.9 Å². The van der Waals surface area contributed by atoms with Crippen molar-refractivity contribution in [2.75, 3.05) is 6.54 Å². The smallest absolute Gasteiger partial charge is 0.0356 e. The van der Waals surface area contributed by atoms with Gasteiger partial charge in [-0.15, -0.1) is 0 Å². The summed E-state index contributed by atoms with van der Waals surface area (Å²) in [5.41, 5.74) is 1.56. The molecule has 0 aromatic carbocycles. The lowest BCUT2D eigenvalue weighted by atomic mass is 10.3. The van der Waals surface area contributed by atoms with Gasteiger partial charge in [-0.2, -0.15) is 0 Å². The maximum Gasteiger partial charge on any atom is 0.0356 e. The fraction of sp³-hybridized carbons (Fsp3) is 0.500. The molecule has 0 radical (unpaired) electrons. The largest absolute Gasteiger partial charge is 0.348 e. The summed E-state index contributed by atoms with van der Waals surface area (Å²) in [6, 6.07) is 0. The molecule has 0 N–H and O–H groups in total. The van der Waals surface area contributed by atoms with Crippen LogP contribution in [0.4, 0.5) is 0 Å². The summed E-state index contributed by atoms with van der Waals surface area (Å²) in [4.78, 5) is 2.26. The first-order chi connectivity index (χ1) is 2.47. The summed E-state index contributed by atoms with van der Waals surface area (Å²) in [6.45, 7) is 1.30. The van der Waals surface area contributed by atoms with Gasteiger partial charge in [0.2, 0.25) is 0 Å². The van der Waals surface area contributed by atoms with Crippen LogP contribution in [-0.2, 0) is 0 Å². The summed E-state index contributed by atoms with van der Waals surface area (Å²) in [5, 5.41) is 0. The quantitative estimate of drug-likeness (QED) is 0.399. The van der Waals surface area contributed by atoms with E-state index in [-0.39, 0.29) is 0 Å². The van der Waals surface area contributed by atoms with Crippen LogP contribution < -0.4 is 0 Å². The van der Waals surface area contributed by atoms with Crippen molar-refractivity contribution in [1.29, 1.82) is 0 Å². The van der Waals surface area contributed by atoms with Gasteiger partial charge in [-0.1, -0.05) is 0 Å². The molecule has 0 aromatic heterocycles. The number of fused-ring (bicyclic) bond motifs is 1. The van der Waals surface area contributed by atoms with E-state index in [1.54, 1.807) is 5.70 Å². The highest BCUT2D eigenvalue weighted by Crippen LogP contribution is 2.34. The van der Waals surface area contributed by atoms with Crippen molar-refractivity contribution in [1.82, 2.24) is 4.90 Å². The van der Waals surface area contributed by atoms with Crippen LogP contribution in [0.25, 0.3) is 0 Å². The van der Waals surface area contributed by atoms with Crippen LogP contribution >= 0.6 is 0 Å². The fourth-order valence-corrected chi connectivity index (χ4v) is 0.650. The first-order valence-electron chi connectivity index (χ1n) is 1.94. The molecule has 2 heterocycles. The molecule has 0 saturated carbocycles. The lowest BCUT2D eigenvalue weighted by molar-refractivity contribution is 0.471. The first-order valence-corrected chi connectivity index (χ1v) is 1.94. The molecule has 5 heavy (non-hydrogen) atoms. The molecule has 2 rings (SSSR count). The van der Waals surface area contributed by atoms with Gasteiger partial charge in [0, 0.05) is 24.9 Å². The zero-order valence-electron chi connectivity index (χ0n) is 2.94. The minimum absolute atomic E-state index is 1.30. The average molecular weight is 67.1 g/mol. The van der Waals surface area contributed by atoms with Gasteiger partial charge in [-0.05, 0) is 0 Å². The van der Waals surface area contributed by atoms with Gasteiger partial charge in [0.25, 0.3) is 0 Å². The molecular weight excluding hydrogens is 62.1 g/mol. The normalized spacial score (nSPS) is 27.2. The van der Waals surface area contributed by atoms with Crippen molar-refractivity contribution in [3.63, 3.8) is 0 Å². The molecule has 0 bridgehead atoms. The molecule has 2 aliphatic rings. The Balaban J connectivity index is 2.36. The van der Waals surface area contributed by atoms with Crippen LogP contribution in [0.1, 0.15) is 6.42 Å². The predicted molar refractivity (Wildman–Crippen MR) is 19.4 cm³/mol. The third kappa shape index (κ3) is 0.0756. The second-order valence-corrected chi connectivity index (χ2v) is 1.56. The van der Waals surface area contributed by atoms with Crippen molar-refractivity contribution < 1.29 is 0 Å². The highest BCUT2D eigenvalue weighted by Gasteiger charge is 2.28. The molecule has 0 spiro atoms. The maximum absolute atomic E-state index is 2.26. The molecule has 1 heteroatoms. The first kappa shape index (κ1) is 1.85. The van der Waals surface area contributed by atoms with Crippen LogP contribution in [0.15, 0.2) is 11.9 Å². The van der Waals surface area contributed by atoms with E-state index in [1.807, 2.05) is 0 Å². The van der Waals surface area contributed by atoms with Gasteiger partial charge < -0.3 is 4.90 Å². The molecule has 0 unspecified atom stereocenters. The minimum atomic E-state index is 1.30. The molecule has 26 valence electrons. The van der Waals surface area contributed by atoms with Crippen LogP contribution in [0.3, 0.4) is 0 Å². The second-order valence-electron chi connectivity index (χ2n) is 1.56. The summed E-state index contributed by atoms with van der Waals surface area (Å²) < 4.78 is 0. The van der Waals surface area contributed by atoms with Crippen LogP contribution in [0.2, 0.25) is 0 Å². The van der Waals surface area contributed by atoms with E-state index in [1.165, 1.54) is 13.0 Å².